The van der Waals surface area contributed by atoms with Crippen molar-refractivity contribution in [2.75, 3.05) is 31.1 Å². The van der Waals surface area contributed by atoms with Crippen molar-refractivity contribution in [1.29, 1.82) is 0 Å². The van der Waals surface area contributed by atoms with E-state index in [2.05, 4.69) is 31.5 Å². The second-order valence-electron chi connectivity index (χ2n) is 11.6. The van der Waals surface area contributed by atoms with Gasteiger partial charge in [0.2, 0.25) is 23.1 Å². The number of aromatic nitrogens is 4. The first-order valence-corrected chi connectivity index (χ1v) is 17.9. The molecule has 0 aliphatic carbocycles. The topological polar surface area (TPSA) is 282 Å². The van der Waals surface area contributed by atoms with Crippen molar-refractivity contribution in [3.8, 4) is 11.5 Å². The van der Waals surface area contributed by atoms with Crippen LogP contribution in [-0.4, -0.2) is 136 Å². The Morgan fingerprint density at radius 3 is 2.41 bits per heavy atom. The average Bonchev–Trinajstić information content (AvgIpc) is 3.54. The summed E-state index contributed by atoms with van der Waals surface area (Å²) in [6.45, 7) is 3.75. The van der Waals surface area contributed by atoms with Crippen molar-refractivity contribution in [1.82, 2.24) is 50.9 Å². The van der Waals surface area contributed by atoms with Crippen molar-refractivity contribution in [3.05, 3.63) is 35.0 Å². The Hall–Kier alpha value is -6.04. The Kier molecular flexibility index (Phi) is 11.5. The number of thioether (sulfide) groups is 2. The van der Waals surface area contributed by atoms with Gasteiger partial charge >= 0.3 is 35.8 Å². The number of carboxylic acid groups (broad SMARTS) is 1. The molecule has 1 aromatic heterocycles. The van der Waals surface area contributed by atoms with Gasteiger partial charge in [0.05, 0.1) is 0 Å². The molecule has 0 bridgehead atoms. The number of piperazine rings is 1. The number of carbonyl (C=O) groups is 9. The van der Waals surface area contributed by atoms with E-state index < -0.39 is 64.6 Å². The number of likely N-dealkylation sites (N-methyl/N-ethyl adjacent to an activating group) is 1. The smallest absolute Gasteiger partial charge is 0.352 e. The molecule has 0 saturated carbocycles. The molecular weight excluding hydrogens is 757 g/mol. The summed E-state index contributed by atoms with van der Waals surface area (Å²) in [5.74, 6) is -7.88. The zero-order valence-corrected chi connectivity index (χ0v) is 30.5. The second-order valence-corrected chi connectivity index (χ2v) is 13.7. The first-order chi connectivity index (χ1) is 25.6. The zero-order valence-electron chi connectivity index (χ0n) is 28.9. The van der Waals surface area contributed by atoms with E-state index in [-0.39, 0.29) is 60.3 Å². The lowest BCUT2D eigenvalue weighted by Gasteiger charge is -2.56. The molecule has 286 valence electrons. The molecule has 3 aliphatic rings. The highest BCUT2D eigenvalue weighted by Crippen LogP contribution is 2.46. The minimum atomic E-state index is -2.24. The number of benzene rings is 1. The summed E-state index contributed by atoms with van der Waals surface area (Å²) in [6, 6.07) is 0.419. The van der Waals surface area contributed by atoms with Crippen molar-refractivity contribution in [2.45, 2.75) is 43.0 Å². The zero-order chi connectivity index (χ0) is 39.5. The third-order valence-electron chi connectivity index (χ3n) is 8.19. The van der Waals surface area contributed by atoms with Crippen molar-refractivity contribution in [3.63, 3.8) is 0 Å². The lowest BCUT2D eigenvalue weighted by molar-refractivity contribution is -0.163. The van der Waals surface area contributed by atoms with Crippen LogP contribution in [0.1, 0.15) is 32.4 Å². The van der Waals surface area contributed by atoms with Gasteiger partial charge in [-0.3, -0.25) is 43.4 Å². The Morgan fingerprint density at radius 2 is 1.80 bits per heavy atom. The third-order valence-corrected chi connectivity index (χ3v) is 10.7. The van der Waals surface area contributed by atoms with Gasteiger partial charge in [-0.05, 0) is 40.6 Å². The van der Waals surface area contributed by atoms with Crippen molar-refractivity contribution < 1.29 is 57.7 Å². The molecule has 2 aromatic rings. The van der Waals surface area contributed by atoms with E-state index in [0.29, 0.717) is 15.6 Å². The van der Waals surface area contributed by atoms with E-state index in [0.717, 1.165) is 54.4 Å². The van der Waals surface area contributed by atoms with Gasteiger partial charge < -0.3 is 35.4 Å². The Balaban J connectivity index is 1.49. The number of aliphatic carboxylic acids is 1. The van der Waals surface area contributed by atoms with Crippen LogP contribution < -0.4 is 25.4 Å². The summed E-state index contributed by atoms with van der Waals surface area (Å²) in [4.78, 5) is 118. The molecule has 22 nitrogen and oxygen atoms in total. The first kappa shape index (κ1) is 39.2. The maximum absolute atomic E-state index is 14.3. The number of β-lactam (4-membered cyclic amide) rings is 1. The Bertz CT molecular complexity index is 1990. The highest BCUT2D eigenvalue weighted by atomic mass is 32.2. The van der Waals surface area contributed by atoms with Gasteiger partial charge in [-0.2, -0.15) is 0 Å². The molecule has 4 N–H and O–H groups in total. The number of imide groups is 1. The van der Waals surface area contributed by atoms with Gasteiger partial charge in [0.1, 0.15) is 17.1 Å². The summed E-state index contributed by atoms with van der Waals surface area (Å²) in [6.07, 6.45) is 0.129. The number of carboxylic acids is 1. The lowest BCUT2D eigenvalue weighted by Crippen LogP contribution is -2.85. The number of esters is 2. The Labute approximate surface area is 313 Å². The van der Waals surface area contributed by atoms with Crippen molar-refractivity contribution >= 4 is 77.5 Å². The maximum atomic E-state index is 14.3. The molecule has 2 fully saturated rings. The molecule has 5 rings (SSSR count). The molecular formula is C30H32N10O12S2. The number of nitrogens with zero attached hydrogens (tertiary/aromatic N) is 7. The molecule has 2 saturated heterocycles. The molecule has 3 aliphatic heterocycles. The lowest BCUT2D eigenvalue weighted by atomic mass is 9.94. The Morgan fingerprint density at radius 1 is 1.09 bits per heavy atom. The molecule has 4 heterocycles. The number of aryl methyl sites for hydroxylation is 1. The van der Waals surface area contributed by atoms with E-state index >= 15 is 0 Å². The van der Waals surface area contributed by atoms with Crippen molar-refractivity contribution in [2.24, 2.45) is 7.05 Å². The number of ether oxygens (including phenoxy) is 2. The van der Waals surface area contributed by atoms with Gasteiger partial charge in [0, 0.05) is 52.0 Å². The molecule has 54 heavy (non-hydrogen) atoms. The predicted molar refractivity (Wildman–Crippen MR) is 182 cm³/mol. The van der Waals surface area contributed by atoms with Crippen LogP contribution in [0.2, 0.25) is 0 Å². The molecule has 1 aromatic carbocycles. The van der Waals surface area contributed by atoms with Crippen LogP contribution in [0.15, 0.2) is 34.6 Å². The van der Waals surface area contributed by atoms with E-state index in [1.807, 2.05) is 0 Å². The number of urea groups is 1. The minimum absolute atomic E-state index is 0.00401. The van der Waals surface area contributed by atoms with E-state index in [1.165, 1.54) is 15.6 Å². The number of hydrogen-bond donors (Lipinski definition) is 4. The van der Waals surface area contributed by atoms with Crippen LogP contribution >= 0.6 is 23.5 Å². The summed E-state index contributed by atoms with van der Waals surface area (Å²) in [5, 5.41) is 27.6. The summed E-state index contributed by atoms with van der Waals surface area (Å²) >= 11 is 2.15. The van der Waals surface area contributed by atoms with Gasteiger partial charge in [-0.25, -0.2) is 14.3 Å². The van der Waals surface area contributed by atoms with Crippen LogP contribution in [0, 0.1) is 0 Å². The highest BCUT2D eigenvalue weighted by Gasteiger charge is 2.66. The number of carbonyl (C=O) groups excluding carboxylic acids is 8. The fraction of sp³-hybridized carbons (Fsp3) is 0.400. The predicted octanol–water partition coefficient (Wildman–Crippen LogP) is -1.89. The van der Waals surface area contributed by atoms with E-state index in [1.54, 1.807) is 14.0 Å². The highest BCUT2D eigenvalue weighted by molar-refractivity contribution is 8.01. The van der Waals surface area contributed by atoms with Crippen LogP contribution in [0.25, 0.3) is 0 Å². The van der Waals surface area contributed by atoms with Crippen LogP contribution in [0.3, 0.4) is 0 Å². The summed E-state index contributed by atoms with van der Waals surface area (Å²) in [7, 11) is 1.59. The monoisotopic (exact) mass is 788 g/mol. The van der Waals surface area contributed by atoms with Gasteiger partial charge in [-0.15, -0.1) is 16.9 Å². The molecule has 0 spiro atoms. The molecule has 7 amide bonds. The average molecular weight is 789 g/mol. The first-order valence-electron chi connectivity index (χ1n) is 15.8. The van der Waals surface area contributed by atoms with Crippen LogP contribution in [0.5, 0.6) is 11.5 Å². The fourth-order valence-electron chi connectivity index (χ4n) is 5.72. The quantitative estimate of drug-likeness (QED) is 0.0328. The standard InChI is InChI=1S/C30H32N10O12S2/c1-5-38-8-9-39(24(46)23(38)45)28(50)32-20(16-6-7-18(51-14(2)42)19(10-16)52-15(3)43)22(44)33-30(31-13-41)26(49)40-21(25(47)48)17(11-53-27(30)40)12-54-29-34-35-36-37(29)4/h6-7,10,13,20,27H,5,8-9,11-12H2,1-4H3,(H,31,41)(H,32,50)(H,33,44)(H,47,48)/t20?,27-,30-/m1/s1. The number of tetrazole rings is 1. The molecule has 0 radical (unpaired) electrons. The number of fused-ring (bicyclic) bond motifs is 1. The number of rotatable bonds is 13. The summed E-state index contributed by atoms with van der Waals surface area (Å²) in [5.41, 5.74) is -2.43. The molecule has 1 unspecified atom stereocenters. The normalized spacial score (nSPS) is 20.0. The maximum Gasteiger partial charge on any atom is 0.352 e. The van der Waals surface area contributed by atoms with Crippen LogP contribution in [-0.2, 0) is 45.4 Å². The SMILES string of the molecule is CCN1CCN(C(=O)NC(C(=O)N[C@]2(NC=O)C(=O)N3C(C(=O)O)=C(CSc4nnnn4C)CS[C@@H]32)c2ccc(OC(C)=O)c(OC(C)=O)c2)C(=O)C1=O. The number of hydrogen-bond acceptors (Lipinski definition) is 16. The minimum Gasteiger partial charge on any atom is -0.477 e. The summed E-state index contributed by atoms with van der Waals surface area (Å²) < 4.78 is 11.6. The fourth-order valence-corrected chi connectivity index (χ4v) is 8.13. The molecule has 24 heteroatoms. The molecule has 3 atom stereocenters. The number of amides is 7. The third kappa shape index (κ3) is 7.55. The van der Waals surface area contributed by atoms with E-state index in [4.69, 9.17) is 9.47 Å². The van der Waals surface area contributed by atoms with Gasteiger partial charge in [0.25, 0.3) is 5.91 Å². The number of nitrogens with one attached hydrogen (secondary N) is 3. The van der Waals surface area contributed by atoms with Gasteiger partial charge in [-0.1, -0.05) is 17.8 Å². The largest absolute Gasteiger partial charge is 0.477 e. The second kappa shape index (κ2) is 15.9. The van der Waals surface area contributed by atoms with Gasteiger partial charge in [0.15, 0.2) is 11.5 Å². The van der Waals surface area contributed by atoms with E-state index in [9.17, 15) is 48.3 Å². The van der Waals surface area contributed by atoms with Crippen LogP contribution in [0.4, 0.5) is 4.79 Å².